The highest BCUT2D eigenvalue weighted by atomic mass is 16.5. The van der Waals surface area contributed by atoms with Crippen molar-refractivity contribution in [1.29, 1.82) is 0 Å². The van der Waals surface area contributed by atoms with Crippen LogP contribution in [0.15, 0.2) is 195 Å². The van der Waals surface area contributed by atoms with E-state index in [0.717, 1.165) is 232 Å². The minimum absolute atomic E-state index is 0.00650. The van der Waals surface area contributed by atoms with E-state index in [1.807, 2.05) is 132 Å². The van der Waals surface area contributed by atoms with Gasteiger partial charge in [0.15, 0.2) is 23.1 Å². The van der Waals surface area contributed by atoms with Crippen molar-refractivity contribution in [2.75, 3.05) is 33.5 Å². The minimum atomic E-state index is -0.716. The summed E-state index contributed by atoms with van der Waals surface area (Å²) >= 11 is 0. The lowest BCUT2D eigenvalue weighted by molar-refractivity contribution is -0.139. The Kier molecular flexibility index (Phi) is 25.5. The second-order valence-corrected chi connectivity index (χ2v) is 41.9. The van der Waals surface area contributed by atoms with Gasteiger partial charge in [-0.3, -0.25) is 44.0 Å². The fraction of sp³-hybridized carbons (Fsp3) is 0.339. The lowest BCUT2D eigenvalue weighted by Gasteiger charge is -2.31. The van der Waals surface area contributed by atoms with Gasteiger partial charge < -0.3 is 42.6 Å². The van der Waals surface area contributed by atoms with E-state index in [0.29, 0.717) is 39.6 Å². The summed E-state index contributed by atoms with van der Waals surface area (Å²) in [7, 11) is 2.13. The highest BCUT2D eigenvalue weighted by molar-refractivity contribution is 6.15. The zero-order valence-corrected chi connectivity index (χ0v) is 83.8. The van der Waals surface area contributed by atoms with Crippen LogP contribution >= 0.6 is 0 Å². The van der Waals surface area contributed by atoms with Gasteiger partial charge in [-0.2, -0.15) is 0 Å². The molecule has 0 saturated carbocycles. The fourth-order valence-corrected chi connectivity index (χ4v) is 21.8. The molecule has 0 unspecified atom stereocenters. The summed E-state index contributed by atoms with van der Waals surface area (Å²) in [4.78, 5) is 74.3. The van der Waals surface area contributed by atoms with Crippen molar-refractivity contribution in [2.24, 2.45) is 0 Å². The molecule has 18 heteroatoms. The number of nitrogens with zero attached hydrogens (tertiary/aromatic N) is 5. The predicted molar refractivity (Wildman–Crippen MR) is 555 cm³/mol. The second kappa shape index (κ2) is 37.3. The van der Waals surface area contributed by atoms with Crippen LogP contribution in [0, 0.1) is 27.7 Å². The van der Waals surface area contributed by atoms with Crippen molar-refractivity contribution in [3.8, 4) is 67.5 Å². The van der Waals surface area contributed by atoms with Gasteiger partial charge in [-0.05, 0) is 362 Å². The minimum Gasteiger partial charge on any atom is -0.493 e. The summed E-state index contributed by atoms with van der Waals surface area (Å²) in [6.07, 6.45) is 8.22. The number of pyridine rings is 4. The molecule has 0 saturated heterocycles. The van der Waals surface area contributed by atoms with Gasteiger partial charge in [-0.15, -0.1) is 0 Å². The molecular formula is C121H123N5O13. The van der Waals surface area contributed by atoms with Gasteiger partial charge in [0.1, 0.15) is 47.4 Å². The van der Waals surface area contributed by atoms with Crippen molar-refractivity contribution in [1.82, 2.24) is 24.8 Å². The van der Waals surface area contributed by atoms with Gasteiger partial charge in [-0.25, -0.2) is 0 Å². The van der Waals surface area contributed by atoms with E-state index in [4.69, 9.17) is 62.6 Å². The molecule has 0 amide bonds. The van der Waals surface area contributed by atoms with Gasteiger partial charge >= 0.3 is 0 Å². The molecule has 710 valence electrons. The van der Waals surface area contributed by atoms with Crippen molar-refractivity contribution in [3.05, 3.63) is 284 Å². The molecule has 12 aromatic carbocycles. The first-order valence-corrected chi connectivity index (χ1v) is 48.7. The average molecular weight is 1860 g/mol. The number of carbonyl (C=O) groups is 4. The molecule has 139 heavy (non-hydrogen) atoms. The van der Waals surface area contributed by atoms with Crippen LogP contribution < -0.4 is 18.9 Å². The molecule has 0 N–H and O–H groups in total. The van der Waals surface area contributed by atoms with Crippen molar-refractivity contribution < 1.29 is 61.8 Å². The Morgan fingerprint density at radius 2 is 0.554 bits per heavy atom. The maximum Gasteiger partial charge on any atom is 0.163 e. The van der Waals surface area contributed by atoms with Gasteiger partial charge in [0.05, 0.1) is 84.1 Å². The third-order valence-electron chi connectivity index (χ3n) is 27.7. The Morgan fingerprint density at radius 1 is 0.302 bits per heavy atom. The first kappa shape index (κ1) is 94.9. The third kappa shape index (κ3) is 17.9. The van der Waals surface area contributed by atoms with Crippen LogP contribution in [0.3, 0.4) is 0 Å². The Balaban J connectivity index is 0.000000118. The van der Waals surface area contributed by atoms with Gasteiger partial charge in [0, 0.05) is 118 Å². The van der Waals surface area contributed by atoms with Crippen LogP contribution in [0.25, 0.3) is 131 Å². The summed E-state index contributed by atoms with van der Waals surface area (Å²) in [5.74, 6) is 3.46. The van der Waals surface area contributed by atoms with E-state index >= 15 is 0 Å². The van der Waals surface area contributed by atoms with Crippen LogP contribution in [0.2, 0.25) is 0 Å². The monoisotopic (exact) mass is 1850 g/mol. The largest absolute Gasteiger partial charge is 0.493 e. The lowest BCUT2D eigenvalue weighted by Crippen LogP contribution is -2.27. The summed E-state index contributed by atoms with van der Waals surface area (Å²) in [6.45, 7) is 44.2. The highest BCUT2D eigenvalue weighted by Gasteiger charge is 2.41. The van der Waals surface area contributed by atoms with E-state index in [1.54, 1.807) is 27.7 Å². The van der Waals surface area contributed by atoms with E-state index in [9.17, 15) is 19.2 Å². The zero-order chi connectivity index (χ0) is 97.9. The maximum absolute atomic E-state index is 13.3. The third-order valence-corrected chi connectivity index (χ3v) is 27.7. The van der Waals surface area contributed by atoms with E-state index in [-0.39, 0.29) is 23.1 Å². The number of carbonyl (C=O) groups excluding carboxylic acids is 4. The van der Waals surface area contributed by atoms with Crippen LogP contribution in [0.1, 0.15) is 224 Å². The lowest BCUT2D eigenvalue weighted by atomic mass is 9.82. The van der Waals surface area contributed by atoms with Crippen molar-refractivity contribution >= 4 is 110 Å². The van der Waals surface area contributed by atoms with E-state index < -0.39 is 46.8 Å². The summed E-state index contributed by atoms with van der Waals surface area (Å²) in [6, 6.07) is 58.7. The van der Waals surface area contributed by atoms with Crippen LogP contribution in [0.4, 0.5) is 0 Å². The van der Waals surface area contributed by atoms with Gasteiger partial charge in [0.25, 0.3) is 0 Å². The summed E-state index contributed by atoms with van der Waals surface area (Å²) in [5, 5.41) is 13.4. The molecular weight excluding hydrogens is 1730 g/mol. The van der Waals surface area contributed by atoms with Crippen LogP contribution in [-0.4, -0.2) is 104 Å². The smallest absolute Gasteiger partial charge is 0.163 e. The molecule has 22 rings (SSSR count). The van der Waals surface area contributed by atoms with Crippen molar-refractivity contribution in [3.63, 3.8) is 0 Å². The highest BCUT2D eigenvalue weighted by Crippen LogP contribution is 2.55. The Hall–Kier alpha value is -13.0. The maximum atomic E-state index is 13.3. The molecule has 6 aliphatic heterocycles. The number of ether oxygens (including phenoxy) is 9. The molecule has 4 atom stereocenters. The van der Waals surface area contributed by atoms with Crippen LogP contribution in [0.5, 0.6) is 23.0 Å². The number of aryl methyl sites for hydroxylation is 2. The fourth-order valence-electron chi connectivity index (χ4n) is 21.8. The molecule has 4 aromatic heterocycles. The molecule has 0 fully saturated rings. The number of hydrogen-bond donors (Lipinski definition) is 0. The topological polar surface area (TPSA) is 206 Å². The first-order valence-electron chi connectivity index (χ1n) is 48.7. The van der Waals surface area contributed by atoms with Crippen LogP contribution in [-0.2, 0) is 94.8 Å². The molecule has 10 heterocycles. The molecule has 0 bridgehead atoms. The number of ketones is 4. The molecule has 0 spiro atoms. The average Bonchev–Trinajstić information content (AvgIpc) is 1.61. The SMILES string of the molecule is CC(=O)[C@@H](OC(C)(C)C)c1c(C)c(C)c2ccccc2c1-c1ccc2c3c(ccnc13)CCO2.CC(=O)[C@@H](OC(C)(C)C)c1c(C)c(C)c2ccccc2c1-c1ccc2c3c(ccnc13)CCO2.CC(=O)[C@@H](OC(C)(C)C)c1c2c(c3ccccc3c1-c1ccc3c4c(ccnc14)CCO3)CN(C)C2.CC(=O)[C@@H](OC(C)(C)C)c1c2c(c3ccccc3c1-c1ccc3c4c(ccnc14)CCO3)COC2. The number of hydrogen-bond acceptors (Lipinski definition) is 18. The standard InChI is InChI=1S/C31H32N2O3.C30H29NO4.2C30H31NO3/c1-18(34)30(36-31(2,3)4)28-24-17-33(5)16-23(24)20-8-6-7-9-21(20)27(28)22-10-11-25-26-19(13-15-35-25)12-14-32-29(22)26;1-17(32)29(35-30(2,3)4)27-23-16-33-15-22(23)19-7-5-6-8-20(19)26(27)21-9-10-24-25-18(12-14-34-24)11-13-31-28(21)25;2*1-17-18(2)25(29(19(3)32)34-30(4,5)6)27(22-10-8-7-9-21(17)22)23-11-12-24-26-20(14-16-33-24)13-15-31-28(23)26/h6-12,14,30H,13,15-17H2,1-5H3;5-11,13,29H,12,14-16H2,1-4H3;2*7-13,15,29H,14,16H2,1-6H3/t30-;3*29-/m1111/s1. The van der Waals surface area contributed by atoms with Gasteiger partial charge in [0.2, 0.25) is 0 Å². The summed E-state index contributed by atoms with van der Waals surface area (Å²) < 4.78 is 55.8. The zero-order valence-electron chi connectivity index (χ0n) is 83.8. The van der Waals surface area contributed by atoms with E-state index in [1.165, 1.54) is 49.5 Å². The number of Topliss-reactive ketones (excluding diaryl/α,β-unsaturated/α-hetero) is 4. The number of fused-ring (bicyclic) bond motifs is 8. The predicted octanol–water partition coefficient (Wildman–Crippen LogP) is 26.9. The summed E-state index contributed by atoms with van der Waals surface area (Å²) in [5.41, 5.74) is 27.7. The Labute approximate surface area is 813 Å². The molecule has 6 aliphatic rings. The van der Waals surface area contributed by atoms with E-state index in [2.05, 4.69) is 185 Å². The Morgan fingerprint density at radius 3 is 0.856 bits per heavy atom. The molecule has 16 aromatic rings. The van der Waals surface area contributed by atoms with Crippen molar-refractivity contribution in [2.45, 2.75) is 237 Å². The van der Waals surface area contributed by atoms with Gasteiger partial charge in [-0.1, -0.05) is 97.1 Å². The Bertz CT molecular complexity index is 7470. The first-order chi connectivity index (χ1) is 66.4. The molecule has 0 radical (unpaired) electrons. The number of aromatic nitrogens is 4. The molecule has 18 nitrogen and oxygen atoms in total. The number of benzene rings is 12. The second-order valence-electron chi connectivity index (χ2n) is 41.9. The normalized spacial score (nSPS) is 15.2. The molecule has 0 aliphatic carbocycles. The quantitative estimate of drug-likeness (QED) is 0.0881. The number of rotatable bonds is 16.